The maximum absolute atomic E-state index is 13.6. The molecule has 0 bridgehead atoms. The van der Waals surface area contributed by atoms with Crippen molar-refractivity contribution in [2.45, 2.75) is 167 Å². The van der Waals surface area contributed by atoms with Gasteiger partial charge in [0.2, 0.25) is 5.88 Å². The second-order valence-corrected chi connectivity index (χ2v) is 32.6. The van der Waals surface area contributed by atoms with Crippen molar-refractivity contribution in [3.05, 3.63) is 11.8 Å². The van der Waals surface area contributed by atoms with Gasteiger partial charge < -0.3 is 37.9 Å². The average Bonchev–Trinajstić information content (AvgIpc) is 2.89. The number of aromatic nitrogens is 2. The smallest absolute Gasteiger partial charge is 0.408 e. The number of nitrogens with zero attached hydrogens (tertiary/aromatic N) is 2. The summed E-state index contributed by atoms with van der Waals surface area (Å²) in [5.74, 6) is 0.151. The third-order valence-corrected chi connectivity index (χ3v) is 23.5. The number of rotatable bonds is 14. The zero-order valence-corrected chi connectivity index (χ0v) is 36.8. The molecule has 0 aliphatic rings. The van der Waals surface area contributed by atoms with Crippen molar-refractivity contribution in [1.82, 2.24) is 15.3 Å². The van der Waals surface area contributed by atoms with Gasteiger partial charge in [-0.2, -0.15) is 4.98 Å². The van der Waals surface area contributed by atoms with Gasteiger partial charge in [0.1, 0.15) is 17.8 Å². The van der Waals surface area contributed by atoms with Crippen molar-refractivity contribution in [2.75, 3.05) is 20.8 Å². The van der Waals surface area contributed by atoms with Crippen LogP contribution in [0.25, 0.3) is 0 Å². The SMILES string of the molecule is COc1ncc([C@H](O)[C@H](O[Si](C)(C)C(C)(C)C)[C@H](O[Si](C)(C)C(C)(C)C)[C@@H](CO[Si](C)(C)C(C)(C)C)NC(=O)OC(C)(C)C)c(OC)n1. The molecule has 1 rings (SSSR count). The van der Waals surface area contributed by atoms with Crippen LogP contribution in [0.5, 0.6) is 11.9 Å². The second kappa shape index (κ2) is 15.8. The van der Waals surface area contributed by atoms with Gasteiger partial charge in [0.05, 0.1) is 38.5 Å². The first kappa shape index (κ1) is 44.5. The van der Waals surface area contributed by atoms with Crippen molar-refractivity contribution in [3.63, 3.8) is 0 Å². The molecule has 1 amide bonds. The Morgan fingerprint density at radius 1 is 0.771 bits per heavy atom. The van der Waals surface area contributed by atoms with Gasteiger partial charge >= 0.3 is 12.1 Å². The van der Waals surface area contributed by atoms with E-state index in [1.54, 1.807) is 0 Å². The summed E-state index contributed by atoms with van der Waals surface area (Å²) in [6, 6.07) is -0.663. The molecule has 4 atom stereocenters. The predicted octanol–water partition coefficient (Wildman–Crippen LogP) is 8.22. The molecule has 0 fully saturated rings. The van der Waals surface area contributed by atoms with Gasteiger partial charge in [-0.3, -0.25) is 0 Å². The zero-order chi connectivity index (χ0) is 37.9. The first-order valence-electron chi connectivity index (χ1n) is 16.9. The maximum atomic E-state index is 13.6. The van der Waals surface area contributed by atoms with Crippen LogP contribution >= 0.6 is 0 Å². The number of carbonyl (C=O) groups excluding carboxylic acids is 1. The summed E-state index contributed by atoms with van der Waals surface area (Å²) in [4.78, 5) is 22.2. The lowest BCUT2D eigenvalue weighted by Crippen LogP contribution is -2.62. The summed E-state index contributed by atoms with van der Waals surface area (Å²) in [6.07, 6.45) is -2.30. The summed E-state index contributed by atoms with van der Waals surface area (Å²) in [5, 5.41) is 15.0. The van der Waals surface area contributed by atoms with Crippen LogP contribution in [0.3, 0.4) is 0 Å². The molecule has 11 nitrogen and oxygen atoms in total. The highest BCUT2D eigenvalue weighted by Gasteiger charge is 2.50. The molecular formula is C34H69N3O8Si3. The molecule has 1 aromatic rings. The van der Waals surface area contributed by atoms with Crippen LogP contribution in [0.1, 0.15) is 94.8 Å². The van der Waals surface area contributed by atoms with Crippen LogP contribution in [-0.4, -0.2) is 90.8 Å². The van der Waals surface area contributed by atoms with E-state index in [0.29, 0.717) is 5.56 Å². The van der Waals surface area contributed by atoms with Crippen LogP contribution < -0.4 is 14.8 Å². The van der Waals surface area contributed by atoms with Crippen molar-refractivity contribution in [2.24, 2.45) is 0 Å². The number of aliphatic hydroxyl groups excluding tert-OH is 1. The Labute approximate surface area is 295 Å². The zero-order valence-electron chi connectivity index (χ0n) is 33.8. The summed E-state index contributed by atoms with van der Waals surface area (Å²) in [6.45, 7) is 37.8. The topological polar surface area (TPSA) is 130 Å². The Balaban J connectivity index is 4.15. The number of methoxy groups -OCH3 is 2. The minimum atomic E-state index is -2.61. The molecule has 0 saturated heterocycles. The Morgan fingerprint density at radius 2 is 1.23 bits per heavy atom. The molecule has 1 aromatic heterocycles. The number of hydrogen-bond acceptors (Lipinski definition) is 10. The van der Waals surface area contributed by atoms with Gasteiger partial charge in [0.25, 0.3) is 0 Å². The molecule has 0 saturated carbocycles. The van der Waals surface area contributed by atoms with Crippen molar-refractivity contribution in [1.29, 1.82) is 0 Å². The van der Waals surface area contributed by atoms with Gasteiger partial charge in [-0.25, -0.2) is 9.78 Å². The van der Waals surface area contributed by atoms with E-state index in [1.165, 1.54) is 20.4 Å². The fraction of sp³-hybridized carbons (Fsp3) is 0.853. The van der Waals surface area contributed by atoms with Crippen LogP contribution in [0, 0.1) is 0 Å². The first-order valence-corrected chi connectivity index (χ1v) is 25.6. The number of nitrogens with one attached hydrogen (secondary N) is 1. The molecule has 280 valence electrons. The van der Waals surface area contributed by atoms with E-state index in [0.717, 1.165) is 0 Å². The standard InChI is InChI=1S/C34H69N3O8Si3/c1-31(2,3)43-30(39)36-24(22-42-46(15,16)32(4,5)6)26(44-47(17,18)33(7,8)9)27(45-48(19,20)34(10,11)12)25(38)23-21-35-29(41-14)37-28(23)40-13/h21,24-27,38H,22H2,1-20H3,(H,36,39)/t24-,25+,26-,27+/m1/s1. The monoisotopic (exact) mass is 731 g/mol. The van der Waals surface area contributed by atoms with E-state index < -0.39 is 61.0 Å². The molecule has 0 unspecified atom stereocenters. The minimum Gasteiger partial charge on any atom is -0.481 e. The molecule has 2 N–H and O–H groups in total. The number of hydrogen-bond donors (Lipinski definition) is 2. The highest BCUT2D eigenvalue weighted by molar-refractivity contribution is 6.75. The third kappa shape index (κ3) is 12.0. The molecule has 14 heteroatoms. The fourth-order valence-corrected chi connectivity index (χ4v) is 7.58. The number of ether oxygens (including phenoxy) is 3. The van der Waals surface area contributed by atoms with E-state index in [1.807, 2.05) is 20.8 Å². The minimum absolute atomic E-state index is 0.0936. The average molecular weight is 732 g/mol. The summed E-state index contributed by atoms with van der Waals surface area (Å²) < 4.78 is 37.9. The molecule has 0 aliphatic carbocycles. The van der Waals surface area contributed by atoms with E-state index in [4.69, 9.17) is 27.5 Å². The van der Waals surface area contributed by atoms with Crippen molar-refractivity contribution >= 4 is 31.0 Å². The first-order chi connectivity index (χ1) is 21.3. The van der Waals surface area contributed by atoms with Gasteiger partial charge in [-0.15, -0.1) is 0 Å². The lowest BCUT2D eigenvalue weighted by Gasteiger charge is -2.48. The Hall–Kier alpha value is -1.56. The van der Waals surface area contributed by atoms with Crippen molar-refractivity contribution in [3.8, 4) is 11.9 Å². The lowest BCUT2D eigenvalue weighted by atomic mass is 9.97. The second-order valence-electron chi connectivity index (χ2n) is 18.3. The summed E-state index contributed by atoms with van der Waals surface area (Å²) in [7, 11) is -4.59. The predicted molar refractivity (Wildman–Crippen MR) is 201 cm³/mol. The fourth-order valence-electron chi connectivity index (χ4n) is 3.92. The summed E-state index contributed by atoms with van der Waals surface area (Å²) in [5.41, 5.74) is -0.429. The maximum Gasteiger partial charge on any atom is 0.408 e. The van der Waals surface area contributed by atoms with Crippen LogP contribution in [-0.2, 0) is 18.0 Å². The van der Waals surface area contributed by atoms with Crippen LogP contribution in [0.15, 0.2) is 6.20 Å². The van der Waals surface area contributed by atoms with Gasteiger partial charge in [0.15, 0.2) is 25.0 Å². The largest absolute Gasteiger partial charge is 0.481 e. The van der Waals surface area contributed by atoms with Crippen LogP contribution in [0.4, 0.5) is 4.79 Å². The lowest BCUT2D eigenvalue weighted by molar-refractivity contribution is -0.0669. The van der Waals surface area contributed by atoms with Gasteiger partial charge in [-0.1, -0.05) is 62.3 Å². The van der Waals surface area contributed by atoms with E-state index >= 15 is 0 Å². The molecule has 0 radical (unpaired) electrons. The Bertz CT molecular complexity index is 1200. The molecule has 0 aliphatic heterocycles. The van der Waals surface area contributed by atoms with Crippen LogP contribution in [0.2, 0.25) is 54.4 Å². The van der Waals surface area contributed by atoms with E-state index in [-0.39, 0.29) is 33.6 Å². The van der Waals surface area contributed by atoms with E-state index in [2.05, 4.69) is 117 Å². The Kier molecular flexibility index (Phi) is 14.6. The van der Waals surface area contributed by atoms with E-state index in [9.17, 15) is 9.90 Å². The normalized spacial score (nSPS) is 16.5. The number of carbonyl (C=O) groups is 1. The molecule has 48 heavy (non-hydrogen) atoms. The quantitative estimate of drug-likeness (QED) is 0.181. The third-order valence-electron chi connectivity index (χ3n) is 10.1. The number of alkyl carbamates (subject to hydrolysis) is 1. The molecular weight excluding hydrogens is 663 g/mol. The highest BCUT2D eigenvalue weighted by Crippen LogP contribution is 2.44. The number of aliphatic hydroxyl groups is 1. The number of amides is 1. The van der Waals surface area contributed by atoms with Crippen molar-refractivity contribution < 1.29 is 37.4 Å². The molecule has 1 heterocycles. The highest BCUT2D eigenvalue weighted by atomic mass is 28.4. The molecule has 0 aromatic carbocycles. The summed E-state index contributed by atoms with van der Waals surface area (Å²) >= 11 is 0. The Morgan fingerprint density at radius 3 is 1.62 bits per heavy atom. The molecule has 0 spiro atoms. The van der Waals surface area contributed by atoms with Gasteiger partial charge in [0, 0.05) is 6.20 Å². The van der Waals surface area contributed by atoms with Gasteiger partial charge in [-0.05, 0) is 75.2 Å².